The van der Waals surface area contributed by atoms with Crippen LogP contribution in [0.5, 0.6) is 0 Å². The highest BCUT2D eigenvalue weighted by Crippen LogP contribution is 2.12. The highest BCUT2D eigenvalue weighted by molar-refractivity contribution is 5.24. The molecule has 96 valence electrons. The fourth-order valence-corrected chi connectivity index (χ4v) is 2.09. The first-order valence-electron chi connectivity index (χ1n) is 6.74. The average molecular weight is 234 g/mol. The third-order valence-electron chi connectivity index (χ3n) is 2.99. The average Bonchev–Trinajstić information content (AvgIpc) is 2.30. The molecule has 0 radical (unpaired) electrons. The summed E-state index contributed by atoms with van der Waals surface area (Å²) in [6, 6.07) is 8.84. The van der Waals surface area contributed by atoms with Crippen LogP contribution in [0.15, 0.2) is 24.3 Å². The zero-order chi connectivity index (χ0) is 12.7. The highest BCUT2D eigenvalue weighted by atomic mass is 15.1. The van der Waals surface area contributed by atoms with Crippen molar-refractivity contribution in [3.63, 3.8) is 0 Å². The fourth-order valence-electron chi connectivity index (χ4n) is 2.09. The van der Waals surface area contributed by atoms with Crippen LogP contribution >= 0.6 is 0 Å². The number of nitrogens with zero attached hydrogens (tertiary/aromatic N) is 1. The van der Waals surface area contributed by atoms with E-state index in [4.69, 9.17) is 5.73 Å². The molecule has 0 fully saturated rings. The summed E-state index contributed by atoms with van der Waals surface area (Å²) in [5, 5.41) is 0. The van der Waals surface area contributed by atoms with E-state index in [1.165, 1.54) is 37.1 Å². The van der Waals surface area contributed by atoms with Crippen molar-refractivity contribution < 1.29 is 0 Å². The predicted octanol–water partition coefficient (Wildman–Crippen LogP) is 3.33. The first-order valence-corrected chi connectivity index (χ1v) is 6.74. The molecule has 0 saturated carbocycles. The van der Waals surface area contributed by atoms with Crippen molar-refractivity contribution in [3.05, 3.63) is 35.4 Å². The third kappa shape index (κ3) is 4.88. The Balaban J connectivity index is 2.59. The molecule has 1 atom stereocenters. The number of nitrogens with two attached hydrogens (primary N) is 1. The van der Waals surface area contributed by atoms with E-state index in [0.29, 0.717) is 0 Å². The molecule has 0 aromatic heterocycles. The molecule has 1 unspecified atom stereocenters. The summed E-state index contributed by atoms with van der Waals surface area (Å²) in [7, 11) is 0. The van der Waals surface area contributed by atoms with Gasteiger partial charge in [0.2, 0.25) is 0 Å². The lowest BCUT2D eigenvalue weighted by molar-refractivity contribution is 0.266. The SMILES string of the molecule is CCCN(CCC)Cc1ccc(C(C)N)cc1. The van der Waals surface area contributed by atoms with Crippen LogP contribution in [0.25, 0.3) is 0 Å². The van der Waals surface area contributed by atoms with Crippen LogP contribution in [0.1, 0.15) is 50.8 Å². The Morgan fingerprint density at radius 3 is 2.00 bits per heavy atom. The smallest absolute Gasteiger partial charge is 0.0266 e. The topological polar surface area (TPSA) is 29.3 Å². The Morgan fingerprint density at radius 2 is 1.59 bits per heavy atom. The molecule has 2 nitrogen and oxygen atoms in total. The second-order valence-corrected chi connectivity index (χ2v) is 4.81. The summed E-state index contributed by atoms with van der Waals surface area (Å²) in [5.41, 5.74) is 8.45. The molecule has 0 spiro atoms. The van der Waals surface area contributed by atoms with E-state index >= 15 is 0 Å². The lowest BCUT2D eigenvalue weighted by atomic mass is 10.1. The van der Waals surface area contributed by atoms with Crippen molar-refractivity contribution >= 4 is 0 Å². The second kappa shape index (κ2) is 7.46. The quantitative estimate of drug-likeness (QED) is 0.784. The van der Waals surface area contributed by atoms with Crippen molar-refractivity contribution in [3.8, 4) is 0 Å². The van der Waals surface area contributed by atoms with Crippen molar-refractivity contribution in [2.75, 3.05) is 13.1 Å². The molecule has 0 saturated heterocycles. The van der Waals surface area contributed by atoms with Gasteiger partial charge in [0, 0.05) is 12.6 Å². The van der Waals surface area contributed by atoms with E-state index in [0.717, 1.165) is 6.54 Å². The van der Waals surface area contributed by atoms with Crippen LogP contribution in [0.3, 0.4) is 0 Å². The van der Waals surface area contributed by atoms with Gasteiger partial charge in [-0.1, -0.05) is 38.1 Å². The number of rotatable bonds is 7. The summed E-state index contributed by atoms with van der Waals surface area (Å²) in [4.78, 5) is 2.51. The van der Waals surface area contributed by atoms with Gasteiger partial charge in [-0.15, -0.1) is 0 Å². The normalized spacial score (nSPS) is 13.0. The summed E-state index contributed by atoms with van der Waals surface area (Å²) >= 11 is 0. The maximum absolute atomic E-state index is 5.85. The highest BCUT2D eigenvalue weighted by Gasteiger charge is 2.04. The Hall–Kier alpha value is -0.860. The van der Waals surface area contributed by atoms with Gasteiger partial charge >= 0.3 is 0 Å². The number of benzene rings is 1. The van der Waals surface area contributed by atoms with Crippen LogP contribution in [0.2, 0.25) is 0 Å². The van der Waals surface area contributed by atoms with Gasteiger partial charge in [0.05, 0.1) is 0 Å². The molecule has 0 amide bonds. The molecular formula is C15H26N2. The fraction of sp³-hybridized carbons (Fsp3) is 0.600. The molecule has 1 aromatic carbocycles. The Bertz CT molecular complexity index is 297. The first-order chi connectivity index (χ1) is 8.17. The molecule has 0 aliphatic carbocycles. The molecule has 17 heavy (non-hydrogen) atoms. The minimum atomic E-state index is 0.131. The Labute approximate surface area is 106 Å². The number of hydrogen-bond acceptors (Lipinski definition) is 2. The van der Waals surface area contributed by atoms with E-state index in [-0.39, 0.29) is 6.04 Å². The maximum atomic E-state index is 5.85. The van der Waals surface area contributed by atoms with Crippen molar-refractivity contribution in [1.82, 2.24) is 4.90 Å². The zero-order valence-corrected chi connectivity index (χ0v) is 11.4. The van der Waals surface area contributed by atoms with Gasteiger partial charge in [-0.3, -0.25) is 4.90 Å². The van der Waals surface area contributed by atoms with Crippen molar-refractivity contribution in [2.45, 2.75) is 46.2 Å². The molecule has 0 aliphatic rings. The van der Waals surface area contributed by atoms with Gasteiger partial charge in [0.15, 0.2) is 0 Å². The molecular weight excluding hydrogens is 208 g/mol. The van der Waals surface area contributed by atoms with Gasteiger partial charge in [-0.05, 0) is 44.0 Å². The third-order valence-corrected chi connectivity index (χ3v) is 2.99. The maximum Gasteiger partial charge on any atom is 0.0266 e. The lowest BCUT2D eigenvalue weighted by Gasteiger charge is -2.21. The van der Waals surface area contributed by atoms with Crippen molar-refractivity contribution in [1.29, 1.82) is 0 Å². The van der Waals surface area contributed by atoms with E-state index in [1.54, 1.807) is 0 Å². The summed E-state index contributed by atoms with van der Waals surface area (Å²) < 4.78 is 0. The van der Waals surface area contributed by atoms with E-state index in [2.05, 4.69) is 43.0 Å². The standard InChI is InChI=1S/C15H26N2/c1-4-10-17(11-5-2)12-14-6-8-15(9-7-14)13(3)16/h6-9,13H,4-5,10-12,16H2,1-3H3. The van der Waals surface area contributed by atoms with Gasteiger partial charge in [0.25, 0.3) is 0 Å². The zero-order valence-electron chi connectivity index (χ0n) is 11.4. The first kappa shape index (κ1) is 14.2. The van der Waals surface area contributed by atoms with Crippen molar-refractivity contribution in [2.24, 2.45) is 5.73 Å². The monoisotopic (exact) mass is 234 g/mol. The summed E-state index contributed by atoms with van der Waals surface area (Å²) in [6.45, 7) is 9.92. The molecule has 1 rings (SSSR count). The Morgan fingerprint density at radius 1 is 1.06 bits per heavy atom. The molecule has 2 heteroatoms. The van der Waals surface area contributed by atoms with Gasteiger partial charge < -0.3 is 5.73 Å². The van der Waals surface area contributed by atoms with Crippen LogP contribution in [-0.2, 0) is 6.54 Å². The molecule has 0 heterocycles. The predicted molar refractivity (Wildman–Crippen MR) is 74.9 cm³/mol. The van der Waals surface area contributed by atoms with Gasteiger partial charge in [-0.2, -0.15) is 0 Å². The Kier molecular flexibility index (Phi) is 6.23. The minimum Gasteiger partial charge on any atom is -0.324 e. The molecule has 2 N–H and O–H groups in total. The van der Waals surface area contributed by atoms with Crippen LogP contribution in [-0.4, -0.2) is 18.0 Å². The van der Waals surface area contributed by atoms with E-state index in [1.807, 2.05) is 6.92 Å². The van der Waals surface area contributed by atoms with E-state index in [9.17, 15) is 0 Å². The molecule has 0 aliphatic heterocycles. The van der Waals surface area contributed by atoms with E-state index < -0.39 is 0 Å². The summed E-state index contributed by atoms with van der Waals surface area (Å²) in [5.74, 6) is 0. The lowest BCUT2D eigenvalue weighted by Crippen LogP contribution is -2.24. The van der Waals surface area contributed by atoms with Crippen LogP contribution in [0, 0.1) is 0 Å². The second-order valence-electron chi connectivity index (χ2n) is 4.81. The molecule has 1 aromatic rings. The molecule has 0 bridgehead atoms. The summed E-state index contributed by atoms with van der Waals surface area (Å²) in [6.07, 6.45) is 2.44. The van der Waals surface area contributed by atoms with Gasteiger partial charge in [-0.25, -0.2) is 0 Å². The largest absolute Gasteiger partial charge is 0.324 e. The minimum absolute atomic E-state index is 0.131. The van der Waals surface area contributed by atoms with Crippen LogP contribution < -0.4 is 5.73 Å². The van der Waals surface area contributed by atoms with Crippen LogP contribution in [0.4, 0.5) is 0 Å². The number of hydrogen-bond donors (Lipinski definition) is 1. The van der Waals surface area contributed by atoms with Gasteiger partial charge in [0.1, 0.15) is 0 Å².